The zero-order chi connectivity index (χ0) is 32.2. The van der Waals surface area contributed by atoms with Crippen molar-refractivity contribution in [2.75, 3.05) is 0 Å². The van der Waals surface area contributed by atoms with E-state index in [1.165, 1.54) is 12.0 Å². The molecule has 7 nitrogen and oxygen atoms in total. The molecule has 227 valence electrons. The van der Waals surface area contributed by atoms with E-state index >= 15 is 0 Å². The van der Waals surface area contributed by atoms with Gasteiger partial charge in [0.15, 0.2) is 6.10 Å². The average molecular weight is 627 g/mol. The third-order valence-corrected chi connectivity index (χ3v) is 5.91. The Kier molecular flexibility index (Phi) is 30.8. The molecule has 8 heteroatoms. The van der Waals surface area contributed by atoms with Crippen LogP contribution in [-0.4, -0.2) is 18.5 Å². The van der Waals surface area contributed by atoms with Gasteiger partial charge < -0.3 is 14.3 Å². The quantitative estimate of drug-likeness (QED) is 0.0368. The molecule has 2 atom stereocenters. The molecule has 0 bridgehead atoms. The van der Waals surface area contributed by atoms with E-state index in [9.17, 15) is 9.59 Å². The molecule has 2 aromatic carbocycles. The van der Waals surface area contributed by atoms with E-state index < -0.39 is 6.10 Å². The third kappa shape index (κ3) is 21.0. The Balaban J connectivity index is -0.00000214. The van der Waals surface area contributed by atoms with Gasteiger partial charge in [-0.25, -0.2) is 4.79 Å². The minimum absolute atomic E-state index is 0. The molecule has 0 aromatic heterocycles. The molecule has 0 aliphatic carbocycles. The van der Waals surface area contributed by atoms with Gasteiger partial charge in [0, 0.05) is 12.5 Å². The van der Waals surface area contributed by atoms with Crippen molar-refractivity contribution in [1.29, 1.82) is 0 Å². The van der Waals surface area contributed by atoms with E-state index in [1.807, 2.05) is 67.6 Å². The van der Waals surface area contributed by atoms with Crippen molar-refractivity contribution in [3.63, 3.8) is 0 Å². The predicted octanol–water partition coefficient (Wildman–Crippen LogP) is 7.38. The Morgan fingerprint density at radius 3 is 1.84 bits per heavy atom. The molecule has 0 saturated heterocycles. The normalized spacial score (nSPS) is 11.7. The molecule has 1 unspecified atom stereocenters. The summed E-state index contributed by atoms with van der Waals surface area (Å²) in [5.74, 6) is 0.157. The average Bonchev–Trinajstić information content (AvgIpc) is 3.02. The van der Waals surface area contributed by atoms with E-state index in [1.54, 1.807) is 18.9 Å². The van der Waals surface area contributed by atoms with Gasteiger partial charge >= 0.3 is 56.9 Å². The van der Waals surface area contributed by atoms with Gasteiger partial charge in [0.2, 0.25) is 0 Å². The van der Waals surface area contributed by atoms with Crippen LogP contribution < -0.4 is 0 Å². The van der Waals surface area contributed by atoms with Crippen LogP contribution in [0, 0.1) is 45.6 Å². The van der Waals surface area contributed by atoms with Gasteiger partial charge in [0.05, 0.1) is 6.10 Å². The number of hydrogen-bond donors (Lipinski definition) is 0. The molecule has 0 amide bonds. The maximum absolute atomic E-state index is 12.8. The Hall–Kier alpha value is -3.40. The van der Waals surface area contributed by atoms with Gasteiger partial charge in [0.25, 0.3) is 0 Å². The number of allylic oxidation sites excluding steroid dienone is 3. The van der Waals surface area contributed by atoms with Crippen molar-refractivity contribution < 1.29 is 50.1 Å². The first kappa shape index (κ1) is 44.0. The molecule has 0 saturated carbocycles. The first-order valence-corrected chi connectivity index (χ1v) is 13.2. The third-order valence-electron chi connectivity index (χ3n) is 5.91. The van der Waals surface area contributed by atoms with E-state index in [-0.39, 0.29) is 29.1 Å². The van der Waals surface area contributed by atoms with Crippen molar-refractivity contribution in [3.05, 3.63) is 135 Å². The van der Waals surface area contributed by atoms with Crippen LogP contribution in [0.3, 0.4) is 0 Å². The van der Waals surface area contributed by atoms with Crippen LogP contribution >= 0.6 is 0 Å². The Bertz CT molecular complexity index is 1050. The zero-order valence-corrected chi connectivity index (χ0v) is 25.9. The molecule has 0 heterocycles. The smallest absolute Gasteiger partial charge is 0.650 e. The fraction of sp³-hybridized carbons (Fsp3) is 0.314. The first-order valence-electron chi connectivity index (χ1n) is 13.2. The largest absolute Gasteiger partial charge is 2.00 e. The second-order valence-corrected chi connectivity index (χ2v) is 9.28. The number of unbranched alkanes of at least 4 members (excludes halogenated alkanes) is 1. The molecule has 2 rings (SSSR count). The van der Waals surface area contributed by atoms with Crippen LogP contribution in [0.15, 0.2) is 84.0 Å². The zero-order valence-electron chi connectivity index (χ0n) is 24.8. The number of hydrogen-bond acceptors (Lipinski definition) is 4. The molecule has 0 spiro atoms. The van der Waals surface area contributed by atoms with Gasteiger partial charge in [-0.15, -0.1) is 0 Å². The molecular weight excluding hydrogens is 588 g/mol. The van der Waals surface area contributed by atoms with E-state index in [0.717, 1.165) is 48.8 Å². The van der Waals surface area contributed by atoms with Crippen LogP contribution in [0.4, 0.5) is 0 Å². The summed E-state index contributed by atoms with van der Waals surface area (Å²) >= 11 is 0. The summed E-state index contributed by atoms with van der Waals surface area (Å²) in [7, 11) is 0. The first-order chi connectivity index (χ1) is 20.4. The number of esters is 1. The minimum Gasteiger partial charge on any atom is -0.650 e. The molecule has 0 aliphatic rings. The number of rotatable bonds is 16. The van der Waals surface area contributed by atoms with Crippen molar-refractivity contribution in [1.82, 2.24) is 0 Å². The molecule has 0 aliphatic heterocycles. The maximum atomic E-state index is 12.8. The SMILES string of the molecule is [C-]#[O+].[C-]#[O+].[C-]#[O+].[CH2][CH][CH]C(CCCC[C@@H](C)C/C(C)=C/C(C)=C/C(=O)OC(c1ccccc1)c1ccccc1)O[C-]=O.[Fe+2]. The summed E-state index contributed by atoms with van der Waals surface area (Å²) in [5.41, 5.74) is 3.97. The molecule has 43 heavy (non-hydrogen) atoms. The summed E-state index contributed by atoms with van der Waals surface area (Å²) in [6, 6.07) is 19.6. The molecule has 0 N–H and O–H groups in total. The van der Waals surface area contributed by atoms with Crippen LogP contribution in [0.5, 0.6) is 0 Å². The Labute approximate surface area is 267 Å². The number of benzene rings is 2. The number of carbonyl (C=O) groups excluding carboxylic acids is 2. The molecule has 2 aromatic rings. The van der Waals surface area contributed by atoms with Crippen molar-refractivity contribution in [3.8, 4) is 0 Å². The van der Waals surface area contributed by atoms with Crippen LogP contribution in [-0.2, 0) is 50.1 Å². The predicted molar refractivity (Wildman–Crippen MR) is 157 cm³/mol. The van der Waals surface area contributed by atoms with Gasteiger partial charge in [-0.2, -0.15) is 0 Å². The van der Waals surface area contributed by atoms with Crippen molar-refractivity contribution >= 4 is 12.4 Å². The molecular formula is C35H38FeO7+. The Morgan fingerprint density at radius 2 is 1.37 bits per heavy atom. The van der Waals surface area contributed by atoms with E-state index in [0.29, 0.717) is 5.92 Å². The van der Waals surface area contributed by atoms with Gasteiger partial charge in [0.1, 0.15) is 0 Å². The van der Waals surface area contributed by atoms with E-state index in [2.05, 4.69) is 46.8 Å². The fourth-order valence-electron chi connectivity index (χ4n) is 4.31. The monoisotopic (exact) mass is 626 g/mol. The minimum atomic E-state index is -0.451. The van der Waals surface area contributed by atoms with Gasteiger partial charge in [-0.3, -0.25) is 0 Å². The Morgan fingerprint density at radius 1 is 0.884 bits per heavy atom. The van der Waals surface area contributed by atoms with Crippen molar-refractivity contribution in [2.24, 2.45) is 5.92 Å². The van der Waals surface area contributed by atoms with Crippen molar-refractivity contribution in [2.45, 2.75) is 65.1 Å². The summed E-state index contributed by atoms with van der Waals surface area (Å²) in [5, 5.41) is 0. The summed E-state index contributed by atoms with van der Waals surface area (Å²) in [6.45, 7) is 24.9. The summed E-state index contributed by atoms with van der Waals surface area (Å²) in [4.78, 5) is 23.2. The topological polar surface area (TPSA) is 112 Å². The standard InChI is InChI=1S/C32H38O4.3CO.Fe/c1-5-14-30(35-24-33)20-13-12-15-25(2)21-26(3)22-27(4)23-31(34)36-32(28-16-8-6-9-17-28)29-18-10-7-11-19-29;3*1-2;/h5-11,14,16-19,22-23,25,30,32H,1,12-13,15,20-21H2,2-4H3;;;;/q-1;;;;+2/b26-22+,27-23+;;;;/t25-,30?;;;;/m1..../s1. The number of carbonyl (C=O) groups is 1. The maximum Gasteiger partial charge on any atom is 2.00 e. The second-order valence-electron chi connectivity index (χ2n) is 9.28. The van der Waals surface area contributed by atoms with Gasteiger partial charge in [-0.05, 0) is 69.1 Å². The van der Waals surface area contributed by atoms with Crippen LogP contribution in [0.25, 0.3) is 0 Å². The number of ether oxygens (including phenoxy) is 2. The molecule has 0 fully saturated rings. The van der Waals surface area contributed by atoms with Crippen LogP contribution in [0.1, 0.15) is 70.1 Å². The van der Waals surface area contributed by atoms with Gasteiger partial charge in [-0.1, -0.05) is 98.6 Å². The van der Waals surface area contributed by atoms with Crippen LogP contribution in [0.2, 0.25) is 0 Å². The summed E-state index contributed by atoms with van der Waals surface area (Å²) in [6.07, 6.45) is 11.2. The molecule has 3 radical (unpaired) electrons. The second kappa shape index (κ2) is 30.1. The summed E-state index contributed by atoms with van der Waals surface area (Å²) < 4.78 is 33.3. The fourth-order valence-corrected chi connectivity index (χ4v) is 4.31. The van der Waals surface area contributed by atoms with E-state index in [4.69, 9.17) is 23.4 Å².